The van der Waals surface area contributed by atoms with Gasteiger partial charge in [-0.1, -0.05) is 46.4 Å². The van der Waals surface area contributed by atoms with Gasteiger partial charge in [0.05, 0.1) is 36.9 Å². The summed E-state index contributed by atoms with van der Waals surface area (Å²) in [4.78, 5) is 34.8. The van der Waals surface area contributed by atoms with E-state index in [1.165, 1.54) is 43.3 Å². The maximum absolute atomic E-state index is 12.9. The van der Waals surface area contributed by atoms with Gasteiger partial charge < -0.3 is 10.1 Å². The molecule has 1 amide bonds. The lowest BCUT2D eigenvalue weighted by Gasteiger charge is -2.15. The van der Waals surface area contributed by atoms with Crippen molar-refractivity contribution in [2.45, 2.75) is 17.9 Å². The minimum Gasteiger partial charge on any atom is -0.449 e. The number of ether oxygens (including phenoxy) is 1. The van der Waals surface area contributed by atoms with Crippen molar-refractivity contribution in [3.8, 4) is 0 Å². The first-order valence-electron chi connectivity index (χ1n) is 10.0. The van der Waals surface area contributed by atoms with Crippen LogP contribution < -0.4 is 10.0 Å². The zero-order valence-electron chi connectivity index (χ0n) is 18.5. The van der Waals surface area contributed by atoms with E-state index in [1.807, 2.05) is 0 Å². The van der Waals surface area contributed by atoms with Crippen molar-refractivity contribution in [1.82, 2.24) is 0 Å². The number of non-ortho nitro benzene ring substituents is 1. The number of benzene rings is 3. The molecule has 3 aromatic rings. The Morgan fingerprint density at radius 3 is 2.24 bits per heavy atom. The van der Waals surface area contributed by atoms with Crippen LogP contribution in [-0.2, 0) is 19.6 Å². The van der Waals surface area contributed by atoms with Crippen molar-refractivity contribution >= 4 is 85.4 Å². The summed E-state index contributed by atoms with van der Waals surface area (Å²) in [5, 5.41) is 13.2. The molecule has 15 heteroatoms. The fraction of sp³-hybridized carbons (Fsp3) is 0.0909. The van der Waals surface area contributed by atoms with Crippen LogP contribution in [0.1, 0.15) is 17.3 Å². The Bertz CT molecular complexity index is 1520. The number of nitro groups is 1. The van der Waals surface area contributed by atoms with E-state index in [4.69, 9.17) is 51.1 Å². The zero-order chi connectivity index (χ0) is 27.5. The van der Waals surface area contributed by atoms with Gasteiger partial charge in [0, 0.05) is 17.2 Å². The molecule has 0 unspecified atom stereocenters. The molecular weight excluding hydrogens is 592 g/mol. The molecule has 0 bridgehead atoms. The fourth-order valence-corrected chi connectivity index (χ4v) is 5.06. The molecule has 10 nitrogen and oxygen atoms in total. The number of hydrogen-bond donors (Lipinski definition) is 2. The van der Waals surface area contributed by atoms with Gasteiger partial charge in [0.1, 0.15) is 4.90 Å². The highest BCUT2D eigenvalue weighted by Crippen LogP contribution is 2.31. The summed E-state index contributed by atoms with van der Waals surface area (Å²) < 4.78 is 33.2. The molecule has 0 radical (unpaired) electrons. The highest BCUT2D eigenvalue weighted by atomic mass is 35.5. The Hall–Kier alpha value is -3.09. The van der Waals surface area contributed by atoms with Gasteiger partial charge in [0.2, 0.25) is 0 Å². The van der Waals surface area contributed by atoms with Crippen molar-refractivity contribution in [3.63, 3.8) is 0 Å². The fourth-order valence-electron chi connectivity index (χ4n) is 2.85. The van der Waals surface area contributed by atoms with Gasteiger partial charge in [-0.2, -0.15) is 0 Å². The SMILES string of the molecule is C[C@@H](OC(=O)c1ccc(Cl)c(S(=O)(=O)Nc2cc(Cl)ccc2Cl)c1)C(=O)Nc1ccc([N+](=O)[O-])cc1Cl. The van der Waals surface area contributed by atoms with Crippen molar-refractivity contribution in [1.29, 1.82) is 0 Å². The molecule has 0 saturated heterocycles. The molecule has 3 aromatic carbocycles. The third kappa shape index (κ3) is 7.02. The summed E-state index contributed by atoms with van der Waals surface area (Å²) in [6.45, 7) is 1.27. The molecule has 0 heterocycles. The number of amides is 1. The molecule has 2 N–H and O–H groups in total. The monoisotopic (exact) mass is 605 g/mol. The average Bonchev–Trinajstić information content (AvgIpc) is 2.82. The molecule has 3 rings (SSSR count). The minimum atomic E-state index is -4.31. The lowest BCUT2D eigenvalue weighted by atomic mass is 10.2. The largest absolute Gasteiger partial charge is 0.449 e. The Balaban J connectivity index is 1.76. The van der Waals surface area contributed by atoms with Crippen LogP contribution in [0.3, 0.4) is 0 Å². The van der Waals surface area contributed by atoms with Crippen LogP contribution in [0.25, 0.3) is 0 Å². The molecule has 1 atom stereocenters. The van der Waals surface area contributed by atoms with Crippen molar-refractivity contribution in [2.24, 2.45) is 0 Å². The van der Waals surface area contributed by atoms with E-state index in [1.54, 1.807) is 0 Å². The quantitative estimate of drug-likeness (QED) is 0.176. The van der Waals surface area contributed by atoms with Crippen LogP contribution in [0.2, 0.25) is 20.1 Å². The first-order chi connectivity index (χ1) is 17.3. The molecule has 37 heavy (non-hydrogen) atoms. The van der Waals surface area contributed by atoms with E-state index < -0.39 is 37.8 Å². The second kappa shape index (κ2) is 11.5. The highest BCUT2D eigenvalue weighted by molar-refractivity contribution is 7.92. The maximum Gasteiger partial charge on any atom is 0.338 e. The molecule has 0 aliphatic rings. The number of nitrogens with one attached hydrogen (secondary N) is 2. The minimum absolute atomic E-state index is 0.00610. The molecule has 0 aliphatic carbocycles. The molecule has 0 aliphatic heterocycles. The van der Waals surface area contributed by atoms with Gasteiger partial charge in [-0.05, 0) is 49.4 Å². The van der Waals surface area contributed by atoms with E-state index >= 15 is 0 Å². The topological polar surface area (TPSA) is 145 Å². The van der Waals surface area contributed by atoms with Gasteiger partial charge in [0.15, 0.2) is 6.10 Å². The predicted octanol–water partition coefficient (Wildman–Crippen LogP) is 6.19. The Labute approximate surface area is 230 Å². The number of anilines is 2. The number of esters is 1. The number of halogens is 4. The zero-order valence-corrected chi connectivity index (χ0v) is 22.3. The third-order valence-corrected chi connectivity index (χ3v) is 7.43. The number of nitro benzene ring substituents is 1. The van der Waals surface area contributed by atoms with Crippen LogP contribution in [0.15, 0.2) is 59.5 Å². The summed E-state index contributed by atoms with van der Waals surface area (Å²) >= 11 is 23.9. The highest BCUT2D eigenvalue weighted by Gasteiger charge is 2.25. The van der Waals surface area contributed by atoms with Crippen molar-refractivity contribution in [3.05, 3.63) is 90.4 Å². The second-order valence-corrected chi connectivity index (χ2v) is 10.6. The molecule has 0 aromatic heterocycles. The van der Waals surface area contributed by atoms with E-state index in [0.717, 1.165) is 18.2 Å². The standard InChI is InChI=1S/C22H15Cl4N3O7S/c1-11(21(30)27-18-7-4-14(29(32)33)10-17(18)26)36-22(31)12-2-5-16(25)20(8-12)37(34,35)28-19-9-13(23)3-6-15(19)24/h2-11,28H,1H3,(H,27,30)/t11-/m1/s1. The molecule has 194 valence electrons. The van der Waals surface area contributed by atoms with Crippen LogP contribution in [-0.4, -0.2) is 31.3 Å². The summed E-state index contributed by atoms with van der Waals surface area (Å²) in [6, 6.07) is 10.9. The van der Waals surface area contributed by atoms with Crippen LogP contribution in [0, 0.1) is 10.1 Å². The molecule has 0 spiro atoms. The van der Waals surface area contributed by atoms with E-state index in [9.17, 15) is 28.1 Å². The maximum atomic E-state index is 12.9. The molecular formula is C22H15Cl4N3O7S. The Morgan fingerprint density at radius 1 is 0.919 bits per heavy atom. The van der Waals surface area contributed by atoms with Gasteiger partial charge >= 0.3 is 5.97 Å². The number of sulfonamides is 1. The first kappa shape index (κ1) is 28.5. The number of nitrogens with zero attached hydrogens (tertiary/aromatic N) is 1. The van der Waals surface area contributed by atoms with E-state index in [2.05, 4.69) is 10.0 Å². The smallest absolute Gasteiger partial charge is 0.338 e. The number of carbonyl (C=O) groups excluding carboxylic acids is 2. The second-order valence-electron chi connectivity index (χ2n) is 7.33. The van der Waals surface area contributed by atoms with Crippen LogP contribution in [0.5, 0.6) is 0 Å². The summed E-state index contributed by atoms with van der Waals surface area (Å²) in [7, 11) is -4.31. The van der Waals surface area contributed by atoms with Crippen LogP contribution in [0.4, 0.5) is 17.1 Å². The average molecular weight is 607 g/mol. The lowest BCUT2D eigenvalue weighted by molar-refractivity contribution is -0.384. The van der Waals surface area contributed by atoms with Gasteiger partial charge in [-0.25, -0.2) is 13.2 Å². The predicted molar refractivity (Wildman–Crippen MR) is 140 cm³/mol. The van der Waals surface area contributed by atoms with Gasteiger partial charge in [-0.15, -0.1) is 0 Å². The molecule has 0 saturated carbocycles. The van der Waals surface area contributed by atoms with Gasteiger partial charge in [-0.3, -0.25) is 19.6 Å². The summed E-state index contributed by atoms with van der Waals surface area (Å²) in [5.74, 6) is -1.81. The van der Waals surface area contributed by atoms with Gasteiger partial charge in [0.25, 0.3) is 21.6 Å². The van der Waals surface area contributed by atoms with Crippen molar-refractivity contribution < 1.29 is 27.7 Å². The first-order valence-corrected chi connectivity index (χ1v) is 13.0. The van der Waals surface area contributed by atoms with E-state index in [-0.39, 0.29) is 42.7 Å². The lowest BCUT2D eigenvalue weighted by Crippen LogP contribution is -2.30. The Kier molecular flexibility index (Phi) is 8.88. The molecule has 0 fully saturated rings. The summed E-state index contributed by atoms with van der Waals surface area (Å²) in [5.41, 5.74) is -0.433. The van der Waals surface area contributed by atoms with E-state index in [0.29, 0.717) is 0 Å². The third-order valence-electron chi connectivity index (χ3n) is 4.70. The summed E-state index contributed by atoms with van der Waals surface area (Å²) in [6.07, 6.45) is -1.35. The Morgan fingerprint density at radius 2 is 1.59 bits per heavy atom. The number of rotatable bonds is 8. The van der Waals surface area contributed by atoms with Crippen LogP contribution >= 0.6 is 46.4 Å². The number of carbonyl (C=O) groups is 2. The van der Waals surface area contributed by atoms with Crippen molar-refractivity contribution in [2.75, 3.05) is 10.0 Å². The normalized spacial score (nSPS) is 11.9. The number of hydrogen-bond acceptors (Lipinski definition) is 7.